The van der Waals surface area contributed by atoms with Crippen LogP contribution in [0.15, 0.2) is 36.4 Å². The number of benzene rings is 2. The molecule has 2 aliphatic rings. The van der Waals surface area contributed by atoms with Gasteiger partial charge >= 0.3 is 0 Å². The number of carbonyl (C=O) groups excluding carboxylic acids is 4. The number of rotatable bonds is 6. The number of carbonyl (C=O) groups is 4. The molecule has 31 heavy (non-hydrogen) atoms. The lowest BCUT2D eigenvalue weighted by molar-refractivity contribution is -0.137. The molecule has 6 nitrogen and oxygen atoms in total. The summed E-state index contributed by atoms with van der Waals surface area (Å²) >= 11 is 5.76. The number of amides is 3. The predicted octanol–water partition coefficient (Wildman–Crippen LogP) is 2.98. The zero-order chi connectivity index (χ0) is 22.1. The third-order valence-corrected chi connectivity index (χ3v) is 5.96. The van der Waals surface area contributed by atoms with Gasteiger partial charge in [0, 0.05) is 31.4 Å². The number of halogens is 2. The van der Waals surface area contributed by atoms with Crippen LogP contribution in [0.25, 0.3) is 0 Å². The molecule has 160 valence electrons. The van der Waals surface area contributed by atoms with Gasteiger partial charge in [0.1, 0.15) is 17.6 Å². The first-order valence-electron chi connectivity index (χ1n) is 10.0. The highest BCUT2D eigenvalue weighted by molar-refractivity contribution is 6.30. The van der Waals surface area contributed by atoms with Crippen molar-refractivity contribution < 1.29 is 23.6 Å². The summed E-state index contributed by atoms with van der Waals surface area (Å²) in [5, 5.41) is 2.28. The molecule has 3 amide bonds. The van der Waals surface area contributed by atoms with Crippen molar-refractivity contribution in [2.24, 2.45) is 0 Å². The third kappa shape index (κ3) is 4.51. The number of aryl methyl sites for hydroxylation is 1. The van der Waals surface area contributed by atoms with Gasteiger partial charge < -0.3 is 4.90 Å². The van der Waals surface area contributed by atoms with Gasteiger partial charge in [-0.2, -0.15) is 0 Å². The number of nitrogens with one attached hydrogen (secondary N) is 1. The fourth-order valence-electron chi connectivity index (χ4n) is 4.03. The van der Waals surface area contributed by atoms with Gasteiger partial charge in [0.05, 0.1) is 5.02 Å². The van der Waals surface area contributed by atoms with E-state index in [2.05, 4.69) is 5.32 Å². The molecule has 0 spiro atoms. The molecule has 2 aromatic carbocycles. The largest absolute Gasteiger partial charge is 0.322 e. The van der Waals surface area contributed by atoms with E-state index in [4.69, 9.17) is 11.6 Å². The molecule has 1 atom stereocenters. The van der Waals surface area contributed by atoms with E-state index in [1.54, 1.807) is 12.1 Å². The van der Waals surface area contributed by atoms with Crippen molar-refractivity contribution in [3.63, 3.8) is 0 Å². The standard InChI is InChI=1S/C23H20ClFN2O4/c24-18-11-14(3-6-19(18)25)10-16(28)4-1-13-2-5-17-15(9-13)12-27(23(17)31)20-7-8-21(29)26-22(20)30/h2-3,5-6,9,11,20H,1,4,7-8,10,12H2,(H,26,29,30). The van der Waals surface area contributed by atoms with E-state index in [0.717, 1.165) is 11.1 Å². The van der Waals surface area contributed by atoms with Crippen LogP contribution >= 0.6 is 11.6 Å². The first-order valence-corrected chi connectivity index (χ1v) is 10.4. The Morgan fingerprint density at radius 2 is 1.90 bits per heavy atom. The lowest BCUT2D eigenvalue weighted by Crippen LogP contribution is -2.52. The van der Waals surface area contributed by atoms with E-state index < -0.39 is 17.8 Å². The Morgan fingerprint density at radius 3 is 2.65 bits per heavy atom. The number of ketones is 1. The molecule has 0 aromatic heterocycles. The fraction of sp³-hybridized carbons (Fsp3) is 0.304. The minimum absolute atomic E-state index is 0.00409. The monoisotopic (exact) mass is 442 g/mol. The Hall–Kier alpha value is -3.06. The number of hydrogen-bond acceptors (Lipinski definition) is 4. The van der Waals surface area contributed by atoms with Crippen molar-refractivity contribution in [1.29, 1.82) is 0 Å². The zero-order valence-corrected chi connectivity index (χ0v) is 17.4. The van der Waals surface area contributed by atoms with Crippen LogP contribution in [0.2, 0.25) is 5.02 Å². The van der Waals surface area contributed by atoms with Crippen LogP contribution in [0.5, 0.6) is 0 Å². The van der Waals surface area contributed by atoms with E-state index >= 15 is 0 Å². The second-order valence-electron chi connectivity index (χ2n) is 7.86. The summed E-state index contributed by atoms with van der Waals surface area (Å²) in [7, 11) is 0. The molecular weight excluding hydrogens is 423 g/mol. The molecule has 1 unspecified atom stereocenters. The van der Waals surface area contributed by atoms with Crippen molar-refractivity contribution in [2.75, 3.05) is 0 Å². The molecule has 2 heterocycles. The average Bonchev–Trinajstić information content (AvgIpc) is 3.05. The molecule has 1 fully saturated rings. The van der Waals surface area contributed by atoms with Crippen molar-refractivity contribution in [1.82, 2.24) is 10.2 Å². The summed E-state index contributed by atoms with van der Waals surface area (Å²) in [4.78, 5) is 50.0. The zero-order valence-electron chi connectivity index (χ0n) is 16.6. The van der Waals surface area contributed by atoms with E-state index in [1.807, 2.05) is 12.1 Å². The highest BCUT2D eigenvalue weighted by Gasteiger charge is 2.39. The topological polar surface area (TPSA) is 83.6 Å². The molecule has 0 aliphatic carbocycles. The maximum absolute atomic E-state index is 13.2. The van der Waals surface area contributed by atoms with E-state index in [9.17, 15) is 23.6 Å². The van der Waals surface area contributed by atoms with Gasteiger partial charge in [0.2, 0.25) is 11.8 Å². The molecular formula is C23H20ClFN2O4. The fourth-order valence-corrected chi connectivity index (χ4v) is 4.24. The summed E-state index contributed by atoms with van der Waals surface area (Å²) in [5.41, 5.74) is 2.93. The maximum Gasteiger partial charge on any atom is 0.255 e. The summed E-state index contributed by atoms with van der Waals surface area (Å²) in [6.45, 7) is 0.302. The van der Waals surface area contributed by atoms with Crippen LogP contribution < -0.4 is 5.32 Å². The van der Waals surface area contributed by atoms with Crippen LogP contribution in [0.4, 0.5) is 4.39 Å². The van der Waals surface area contributed by atoms with Crippen LogP contribution in [0, 0.1) is 5.82 Å². The number of hydrogen-bond donors (Lipinski definition) is 1. The van der Waals surface area contributed by atoms with Gasteiger partial charge in [0.15, 0.2) is 0 Å². The molecule has 1 N–H and O–H groups in total. The van der Waals surface area contributed by atoms with Crippen molar-refractivity contribution in [2.45, 2.75) is 44.7 Å². The average molecular weight is 443 g/mol. The van der Waals surface area contributed by atoms with Gasteiger partial charge in [-0.05, 0) is 47.7 Å². The Balaban J connectivity index is 1.38. The highest BCUT2D eigenvalue weighted by Crippen LogP contribution is 2.28. The summed E-state index contributed by atoms with van der Waals surface area (Å²) < 4.78 is 13.2. The second kappa shape index (κ2) is 8.59. The summed E-state index contributed by atoms with van der Waals surface area (Å²) in [6.07, 6.45) is 1.52. The van der Waals surface area contributed by atoms with Gasteiger partial charge in [-0.1, -0.05) is 29.8 Å². The minimum atomic E-state index is -0.648. The minimum Gasteiger partial charge on any atom is -0.322 e. The Kier molecular flexibility index (Phi) is 5.87. The molecule has 8 heteroatoms. The van der Waals surface area contributed by atoms with Gasteiger partial charge in [-0.25, -0.2) is 4.39 Å². The quantitative estimate of drug-likeness (QED) is 0.697. The van der Waals surface area contributed by atoms with Crippen LogP contribution in [0.3, 0.4) is 0 Å². The van der Waals surface area contributed by atoms with Crippen molar-refractivity contribution in [3.8, 4) is 0 Å². The number of nitrogens with zero attached hydrogens (tertiary/aromatic N) is 1. The predicted molar refractivity (Wildman–Crippen MR) is 111 cm³/mol. The van der Waals surface area contributed by atoms with Gasteiger partial charge in [-0.3, -0.25) is 24.5 Å². The Bertz CT molecular complexity index is 1100. The second-order valence-corrected chi connectivity index (χ2v) is 8.26. The molecule has 2 aromatic rings. The van der Waals surface area contributed by atoms with E-state index in [-0.39, 0.29) is 35.5 Å². The Labute approximate surface area is 183 Å². The normalized spacial score (nSPS) is 18.2. The van der Waals surface area contributed by atoms with E-state index in [1.165, 1.54) is 17.0 Å². The number of fused-ring (bicyclic) bond motifs is 1. The highest BCUT2D eigenvalue weighted by atomic mass is 35.5. The van der Waals surface area contributed by atoms with Gasteiger partial charge in [0.25, 0.3) is 5.91 Å². The molecule has 2 aliphatic heterocycles. The summed E-state index contributed by atoms with van der Waals surface area (Å²) in [5.74, 6) is -1.49. The van der Waals surface area contributed by atoms with Crippen LogP contribution in [0.1, 0.15) is 46.3 Å². The third-order valence-electron chi connectivity index (χ3n) is 5.67. The Morgan fingerprint density at radius 1 is 1.13 bits per heavy atom. The smallest absolute Gasteiger partial charge is 0.255 e. The lowest BCUT2D eigenvalue weighted by Gasteiger charge is -2.29. The van der Waals surface area contributed by atoms with Crippen molar-refractivity contribution in [3.05, 3.63) is 69.5 Å². The molecule has 0 radical (unpaired) electrons. The van der Waals surface area contributed by atoms with Gasteiger partial charge in [-0.15, -0.1) is 0 Å². The summed E-state index contributed by atoms with van der Waals surface area (Å²) in [6, 6.07) is 9.03. The first kappa shape index (κ1) is 21.2. The number of Topliss-reactive ketones (excluding diaryl/α,β-unsaturated/α-hetero) is 1. The van der Waals surface area contributed by atoms with E-state index in [0.29, 0.717) is 36.9 Å². The first-order chi connectivity index (χ1) is 14.8. The number of imide groups is 1. The number of piperidine rings is 1. The maximum atomic E-state index is 13.2. The lowest BCUT2D eigenvalue weighted by atomic mass is 9.99. The molecule has 0 bridgehead atoms. The molecule has 0 saturated carbocycles. The van der Waals surface area contributed by atoms with Crippen LogP contribution in [-0.4, -0.2) is 34.4 Å². The van der Waals surface area contributed by atoms with Crippen molar-refractivity contribution >= 4 is 35.1 Å². The van der Waals surface area contributed by atoms with Crippen LogP contribution in [-0.2, 0) is 33.8 Å². The molecule has 4 rings (SSSR count). The molecule has 1 saturated heterocycles. The SMILES string of the molecule is O=C(CCc1ccc2c(c1)CN(C1CCC(=O)NC1=O)C2=O)Cc1ccc(F)c(Cl)c1.